The molecule has 1 aliphatic rings. The van der Waals surface area contributed by atoms with E-state index in [1.165, 1.54) is 16.7 Å². The fraction of sp³-hybridized carbons (Fsp3) is 0.130. The number of rotatable bonds is 3. The van der Waals surface area contributed by atoms with Gasteiger partial charge in [0.1, 0.15) is 11.6 Å². The minimum absolute atomic E-state index is 0.0267. The average Bonchev–Trinajstić information content (AvgIpc) is 3.08. The second-order valence-corrected chi connectivity index (χ2v) is 7.74. The molecule has 3 aromatic rings. The van der Waals surface area contributed by atoms with Gasteiger partial charge in [0.05, 0.1) is 21.4 Å². The number of hydrogen-bond acceptors (Lipinski definition) is 5. The third-order valence-corrected chi connectivity index (χ3v) is 5.64. The first-order chi connectivity index (χ1) is 14.9. The quantitative estimate of drug-likeness (QED) is 0.596. The van der Waals surface area contributed by atoms with Gasteiger partial charge in [-0.25, -0.2) is 14.5 Å². The zero-order valence-corrected chi connectivity index (χ0v) is 18.2. The highest BCUT2D eigenvalue weighted by molar-refractivity contribution is 6.38. The van der Waals surface area contributed by atoms with E-state index >= 15 is 0 Å². The Labute approximate surface area is 188 Å². The second kappa shape index (κ2) is 8.03. The molecule has 0 unspecified atom stereocenters. The van der Waals surface area contributed by atoms with Crippen molar-refractivity contribution in [3.05, 3.63) is 85.5 Å². The summed E-state index contributed by atoms with van der Waals surface area (Å²) in [5.41, 5.74) is 2.62. The molecule has 0 fully saturated rings. The molecule has 0 amide bonds. The molecule has 6 nitrogen and oxygen atoms in total. The molecule has 8 heteroatoms. The molecule has 31 heavy (non-hydrogen) atoms. The number of phenolic OH excluding ortho intramolecular Hbond substituents is 1. The largest absolute Gasteiger partial charge is 0.505 e. The molecule has 0 aliphatic carbocycles. The van der Waals surface area contributed by atoms with E-state index in [0.29, 0.717) is 28.9 Å². The van der Waals surface area contributed by atoms with Gasteiger partial charge in [0.15, 0.2) is 17.4 Å². The number of allylic oxidation sites excluding steroid dienone is 2. The number of phenols is 1. The van der Waals surface area contributed by atoms with Gasteiger partial charge in [0.2, 0.25) is 0 Å². The third-order valence-electron chi connectivity index (χ3n) is 5.06. The molecule has 154 valence electrons. The minimum atomic E-state index is -0.296. The average molecular weight is 451 g/mol. The van der Waals surface area contributed by atoms with Crippen LogP contribution < -0.4 is 5.56 Å². The number of benzene rings is 2. The maximum Gasteiger partial charge on any atom is 0.262 e. The molecule has 0 atom stereocenters. The molecule has 0 saturated carbocycles. The van der Waals surface area contributed by atoms with E-state index in [1.807, 2.05) is 37.3 Å². The molecule has 0 saturated heterocycles. The third kappa shape index (κ3) is 3.42. The molecular formula is C23H16Cl2N4O2. The molecule has 0 spiro atoms. The van der Waals surface area contributed by atoms with Crippen LogP contribution in [-0.4, -0.2) is 20.5 Å². The number of halogens is 2. The summed E-state index contributed by atoms with van der Waals surface area (Å²) in [7, 11) is 0. The van der Waals surface area contributed by atoms with Crippen molar-refractivity contribution in [1.82, 2.24) is 9.55 Å². The molecule has 2 aromatic carbocycles. The monoisotopic (exact) mass is 450 g/mol. The number of aryl methyl sites for hydroxylation is 1. The minimum Gasteiger partial charge on any atom is -0.505 e. The van der Waals surface area contributed by atoms with Crippen molar-refractivity contribution in [2.24, 2.45) is 4.99 Å². The lowest BCUT2D eigenvalue weighted by Gasteiger charge is -2.11. The lowest BCUT2D eigenvalue weighted by molar-refractivity contribution is 0.476. The summed E-state index contributed by atoms with van der Waals surface area (Å²) in [6.45, 7) is 3.62. The lowest BCUT2D eigenvalue weighted by Crippen LogP contribution is -2.30. The number of aromatic hydroxyl groups is 1. The number of hydrogen-bond donors (Lipinski definition) is 1. The Hall–Kier alpha value is -3.40. The maximum absolute atomic E-state index is 13.3. The maximum atomic E-state index is 13.3. The Bertz CT molecular complexity index is 1360. The second-order valence-electron chi connectivity index (χ2n) is 6.92. The zero-order chi connectivity index (χ0) is 22.3. The lowest BCUT2D eigenvalue weighted by atomic mass is 10.0. The van der Waals surface area contributed by atoms with Crippen LogP contribution in [0.1, 0.15) is 29.6 Å². The molecule has 1 aromatic heterocycles. The van der Waals surface area contributed by atoms with Crippen LogP contribution in [0.3, 0.4) is 0 Å². The van der Waals surface area contributed by atoms with Crippen molar-refractivity contribution < 1.29 is 5.11 Å². The molecule has 2 heterocycles. The molecular weight excluding hydrogens is 435 g/mol. The van der Waals surface area contributed by atoms with Crippen molar-refractivity contribution in [2.45, 2.75) is 20.3 Å². The number of aliphatic imine (C=N–C) groups is 1. The fourth-order valence-electron chi connectivity index (χ4n) is 3.52. The summed E-state index contributed by atoms with van der Waals surface area (Å²) in [5.74, 6) is 0.250. The highest BCUT2D eigenvalue weighted by Gasteiger charge is 2.33. The van der Waals surface area contributed by atoms with Gasteiger partial charge in [-0.1, -0.05) is 60.5 Å². The van der Waals surface area contributed by atoms with Gasteiger partial charge in [-0.2, -0.15) is 5.26 Å². The highest BCUT2D eigenvalue weighted by atomic mass is 35.5. The van der Waals surface area contributed by atoms with Gasteiger partial charge in [-0.3, -0.25) is 4.79 Å². The van der Waals surface area contributed by atoms with Crippen LogP contribution >= 0.6 is 23.2 Å². The smallest absolute Gasteiger partial charge is 0.262 e. The fourth-order valence-corrected chi connectivity index (χ4v) is 4.00. The molecule has 1 aliphatic heterocycles. The molecule has 0 bridgehead atoms. The van der Waals surface area contributed by atoms with E-state index < -0.39 is 0 Å². The van der Waals surface area contributed by atoms with Gasteiger partial charge in [-0.05, 0) is 31.0 Å². The first-order valence-electron chi connectivity index (χ1n) is 9.47. The predicted molar refractivity (Wildman–Crippen MR) is 122 cm³/mol. The summed E-state index contributed by atoms with van der Waals surface area (Å²) < 4.78 is 1.35. The Morgan fingerprint density at radius 1 is 1.19 bits per heavy atom. The van der Waals surface area contributed by atoms with Gasteiger partial charge >= 0.3 is 0 Å². The highest BCUT2D eigenvalue weighted by Crippen LogP contribution is 2.38. The summed E-state index contributed by atoms with van der Waals surface area (Å²) in [4.78, 5) is 22.5. The van der Waals surface area contributed by atoms with E-state index in [1.54, 1.807) is 6.92 Å². The van der Waals surface area contributed by atoms with Crippen molar-refractivity contribution in [3.8, 4) is 11.8 Å². The number of nitriles is 1. The van der Waals surface area contributed by atoms with Crippen LogP contribution in [0.4, 0.5) is 5.69 Å². The number of nitrogens with zero attached hydrogens (tertiary/aromatic N) is 4. The number of aromatic nitrogens is 2. The van der Waals surface area contributed by atoms with Gasteiger partial charge in [0, 0.05) is 11.1 Å². The summed E-state index contributed by atoms with van der Waals surface area (Å²) in [6.07, 6.45) is 0.559. The zero-order valence-electron chi connectivity index (χ0n) is 16.6. The Kier molecular flexibility index (Phi) is 5.40. The van der Waals surface area contributed by atoms with E-state index in [0.717, 1.165) is 5.56 Å². The van der Waals surface area contributed by atoms with Gasteiger partial charge in [-0.15, -0.1) is 0 Å². The van der Waals surface area contributed by atoms with Crippen LogP contribution in [0, 0.1) is 18.3 Å². The predicted octanol–water partition coefficient (Wildman–Crippen LogP) is 5.15. The summed E-state index contributed by atoms with van der Waals surface area (Å²) in [5, 5.41) is 19.9. The van der Waals surface area contributed by atoms with Crippen LogP contribution in [0.15, 0.2) is 52.3 Å². The normalized spacial score (nSPS) is 14.1. The molecule has 1 N–H and O–H groups in total. The van der Waals surface area contributed by atoms with Crippen molar-refractivity contribution in [1.29, 1.82) is 5.26 Å². The van der Waals surface area contributed by atoms with Gasteiger partial charge < -0.3 is 5.11 Å². The summed E-state index contributed by atoms with van der Waals surface area (Å²) >= 11 is 12.1. The van der Waals surface area contributed by atoms with Crippen molar-refractivity contribution >= 4 is 45.9 Å². The molecule has 4 rings (SSSR count). The Morgan fingerprint density at radius 2 is 1.84 bits per heavy atom. The van der Waals surface area contributed by atoms with Crippen LogP contribution in [-0.2, 0) is 6.42 Å². The van der Waals surface area contributed by atoms with Crippen LogP contribution in [0.25, 0.3) is 11.1 Å². The first kappa shape index (κ1) is 20.9. The van der Waals surface area contributed by atoms with E-state index in [9.17, 15) is 15.2 Å². The van der Waals surface area contributed by atoms with E-state index in [-0.39, 0.29) is 38.6 Å². The first-order valence-corrected chi connectivity index (χ1v) is 10.2. The van der Waals surface area contributed by atoms with Crippen LogP contribution in [0.5, 0.6) is 5.75 Å². The standard InChI is InChI=1S/C23H16Cl2N4O2/c1-3-18-12(2)23(31)29-21(28-18)15(11-26)19(13-7-5-4-6-8-13)22(29)27-14-9-16(24)20(30)17(25)10-14/h4-10,30H,3H2,1-2H3. The van der Waals surface area contributed by atoms with E-state index in [2.05, 4.69) is 16.0 Å². The SMILES string of the molecule is CCc1nc2n(c(=O)c1C)C(=Nc1cc(Cl)c(O)c(Cl)c1)C(c1ccccc1)=C2C#N. The number of fused-ring (bicyclic) bond motifs is 1. The Balaban J connectivity index is 2.10. The summed E-state index contributed by atoms with van der Waals surface area (Å²) in [6, 6.07) is 14.3. The van der Waals surface area contributed by atoms with Crippen molar-refractivity contribution in [3.63, 3.8) is 0 Å². The van der Waals surface area contributed by atoms with Crippen molar-refractivity contribution in [2.75, 3.05) is 0 Å². The Morgan fingerprint density at radius 3 is 2.42 bits per heavy atom. The topological polar surface area (TPSA) is 91.3 Å². The van der Waals surface area contributed by atoms with Gasteiger partial charge in [0.25, 0.3) is 5.56 Å². The molecule has 0 radical (unpaired) electrons. The van der Waals surface area contributed by atoms with Crippen LogP contribution in [0.2, 0.25) is 10.0 Å². The van der Waals surface area contributed by atoms with E-state index in [4.69, 9.17) is 23.2 Å².